The molecule has 3 N–H and O–H groups in total. The maximum atomic E-state index is 12.6. The van der Waals surface area contributed by atoms with Crippen molar-refractivity contribution in [2.45, 2.75) is 38.1 Å². The van der Waals surface area contributed by atoms with Gasteiger partial charge in [-0.2, -0.15) is 0 Å². The van der Waals surface area contributed by atoms with Crippen LogP contribution in [0.4, 0.5) is 0 Å². The molecule has 2 rings (SSSR count). The van der Waals surface area contributed by atoms with Crippen LogP contribution in [0.5, 0.6) is 0 Å². The summed E-state index contributed by atoms with van der Waals surface area (Å²) in [5.74, 6) is 0.129. The molecule has 1 aliphatic carbocycles. The fourth-order valence-electron chi connectivity index (χ4n) is 3.09. The molecule has 1 saturated heterocycles. The van der Waals surface area contributed by atoms with E-state index in [1.54, 1.807) is 0 Å². The Morgan fingerprint density at radius 1 is 1.37 bits per heavy atom. The summed E-state index contributed by atoms with van der Waals surface area (Å²) in [5, 5.41) is 12.0. The predicted octanol–water partition coefficient (Wildman–Crippen LogP) is 0.456. The maximum absolute atomic E-state index is 12.6. The Hall–Kier alpha value is -1.30. The van der Waals surface area contributed by atoms with Crippen LogP contribution < -0.4 is 5.73 Å². The highest BCUT2D eigenvalue weighted by atomic mass is 16.4. The van der Waals surface area contributed by atoms with E-state index in [0.29, 0.717) is 18.9 Å². The Bertz CT molecular complexity index is 369. The molecule has 0 radical (unpaired) electrons. The number of hydrogen-bond donors (Lipinski definition) is 2. The van der Waals surface area contributed by atoms with Crippen LogP contribution in [0.15, 0.2) is 5.16 Å². The van der Waals surface area contributed by atoms with E-state index in [1.807, 2.05) is 4.90 Å². The van der Waals surface area contributed by atoms with E-state index in [-0.39, 0.29) is 11.7 Å². The van der Waals surface area contributed by atoms with Gasteiger partial charge in [-0.3, -0.25) is 4.79 Å². The largest absolute Gasteiger partial charge is 0.409 e. The molecule has 6 heteroatoms. The molecule has 1 heterocycles. The first-order valence-electron chi connectivity index (χ1n) is 6.95. The monoisotopic (exact) mass is 268 g/mol. The average Bonchev–Trinajstić information content (AvgIpc) is 2.37. The van der Waals surface area contributed by atoms with Gasteiger partial charge in [-0.1, -0.05) is 11.6 Å². The van der Waals surface area contributed by atoms with E-state index in [4.69, 9.17) is 10.9 Å². The van der Waals surface area contributed by atoms with Crippen LogP contribution in [-0.2, 0) is 4.79 Å². The van der Waals surface area contributed by atoms with E-state index in [9.17, 15) is 4.79 Å². The zero-order chi connectivity index (χ0) is 14.0. The minimum Gasteiger partial charge on any atom is -0.409 e. The first-order valence-corrected chi connectivity index (χ1v) is 6.95. The lowest BCUT2D eigenvalue weighted by Gasteiger charge is -2.44. The third kappa shape index (κ3) is 2.41. The zero-order valence-electron chi connectivity index (χ0n) is 11.8. The Morgan fingerprint density at radius 2 is 1.95 bits per heavy atom. The third-order valence-electron chi connectivity index (χ3n) is 4.70. The standard InChI is InChI=1S/C13H24N4O2/c1-16(2)10-4-8-17(9-5-10)12(18)13(6-3-7-13)11(14)15-19/h10,19H,3-9H2,1-2H3,(H2,14,15). The molecule has 0 aromatic carbocycles. The van der Waals surface area contributed by atoms with Crippen molar-refractivity contribution in [3.05, 3.63) is 0 Å². The molecule has 108 valence electrons. The van der Waals surface area contributed by atoms with Crippen LogP contribution in [0.25, 0.3) is 0 Å². The van der Waals surface area contributed by atoms with Crippen molar-refractivity contribution in [2.75, 3.05) is 27.2 Å². The Morgan fingerprint density at radius 3 is 2.32 bits per heavy atom. The second-order valence-corrected chi connectivity index (χ2v) is 5.91. The number of oxime groups is 1. The molecule has 1 amide bonds. The van der Waals surface area contributed by atoms with Crippen molar-refractivity contribution in [2.24, 2.45) is 16.3 Å². The van der Waals surface area contributed by atoms with Crippen molar-refractivity contribution >= 4 is 11.7 Å². The molecular formula is C13H24N4O2. The van der Waals surface area contributed by atoms with Crippen LogP contribution >= 0.6 is 0 Å². The molecule has 1 aliphatic heterocycles. The summed E-state index contributed by atoms with van der Waals surface area (Å²) < 4.78 is 0. The SMILES string of the molecule is CN(C)C1CCN(C(=O)C2(C(N)=NO)CCC2)CC1. The molecule has 0 bridgehead atoms. The molecule has 2 aliphatic rings. The number of rotatable bonds is 3. The molecule has 2 fully saturated rings. The molecule has 0 aromatic rings. The second kappa shape index (κ2) is 5.36. The van der Waals surface area contributed by atoms with Crippen molar-refractivity contribution in [3.8, 4) is 0 Å². The molecule has 1 saturated carbocycles. The molecule has 19 heavy (non-hydrogen) atoms. The Kier molecular flexibility index (Phi) is 3.99. The number of amides is 1. The number of nitrogens with two attached hydrogens (primary N) is 1. The van der Waals surface area contributed by atoms with Crippen LogP contribution in [0.2, 0.25) is 0 Å². The molecular weight excluding hydrogens is 244 g/mol. The smallest absolute Gasteiger partial charge is 0.236 e. The highest BCUT2D eigenvalue weighted by Gasteiger charge is 2.50. The summed E-state index contributed by atoms with van der Waals surface area (Å²) in [5.41, 5.74) is 5.02. The molecule has 0 spiro atoms. The Labute approximate surface area is 114 Å². The first kappa shape index (κ1) is 14.1. The summed E-state index contributed by atoms with van der Waals surface area (Å²) in [6, 6.07) is 0.547. The summed E-state index contributed by atoms with van der Waals surface area (Å²) in [7, 11) is 4.15. The zero-order valence-corrected chi connectivity index (χ0v) is 11.8. The minimum absolute atomic E-state index is 0.0475. The molecule has 0 atom stereocenters. The normalized spacial score (nSPS) is 24.4. The highest BCUT2D eigenvalue weighted by molar-refractivity contribution is 6.07. The van der Waals surface area contributed by atoms with Gasteiger partial charge in [-0.15, -0.1) is 0 Å². The van der Waals surface area contributed by atoms with E-state index >= 15 is 0 Å². The van der Waals surface area contributed by atoms with Crippen molar-refractivity contribution in [3.63, 3.8) is 0 Å². The van der Waals surface area contributed by atoms with Gasteiger partial charge >= 0.3 is 0 Å². The van der Waals surface area contributed by atoms with Gasteiger partial charge in [-0.05, 0) is 39.8 Å². The van der Waals surface area contributed by atoms with E-state index < -0.39 is 5.41 Å². The van der Waals surface area contributed by atoms with Crippen LogP contribution in [0.3, 0.4) is 0 Å². The predicted molar refractivity (Wildman–Crippen MR) is 73.0 cm³/mol. The number of likely N-dealkylation sites (tertiary alicyclic amines) is 1. The average molecular weight is 268 g/mol. The molecule has 6 nitrogen and oxygen atoms in total. The van der Waals surface area contributed by atoms with E-state index in [1.165, 1.54) is 0 Å². The van der Waals surface area contributed by atoms with Gasteiger partial charge in [0.15, 0.2) is 5.84 Å². The quantitative estimate of drug-likeness (QED) is 0.337. The fraction of sp³-hybridized carbons (Fsp3) is 0.846. The van der Waals surface area contributed by atoms with E-state index in [0.717, 1.165) is 32.4 Å². The number of nitrogens with zero attached hydrogens (tertiary/aromatic N) is 3. The minimum atomic E-state index is -0.723. The number of carbonyl (C=O) groups excluding carboxylic acids is 1. The maximum Gasteiger partial charge on any atom is 0.236 e. The van der Waals surface area contributed by atoms with Gasteiger partial charge in [0, 0.05) is 19.1 Å². The number of piperidine rings is 1. The van der Waals surface area contributed by atoms with Gasteiger partial charge in [0.05, 0.1) is 0 Å². The first-order chi connectivity index (χ1) is 9.01. The number of amidine groups is 1. The lowest BCUT2D eigenvalue weighted by atomic mass is 9.66. The molecule has 0 aromatic heterocycles. The van der Waals surface area contributed by atoms with Crippen molar-refractivity contribution in [1.82, 2.24) is 9.80 Å². The van der Waals surface area contributed by atoms with E-state index in [2.05, 4.69) is 24.2 Å². The molecule has 0 unspecified atom stereocenters. The van der Waals surface area contributed by atoms with Crippen LogP contribution in [0, 0.1) is 5.41 Å². The van der Waals surface area contributed by atoms with Gasteiger partial charge < -0.3 is 20.7 Å². The lowest BCUT2D eigenvalue weighted by molar-refractivity contribution is -0.143. The summed E-state index contributed by atoms with van der Waals surface area (Å²) in [6.45, 7) is 1.53. The number of carbonyl (C=O) groups is 1. The van der Waals surface area contributed by atoms with Crippen molar-refractivity contribution in [1.29, 1.82) is 0 Å². The van der Waals surface area contributed by atoms with Gasteiger partial charge in [0.1, 0.15) is 5.41 Å². The third-order valence-corrected chi connectivity index (χ3v) is 4.70. The second-order valence-electron chi connectivity index (χ2n) is 5.91. The van der Waals surface area contributed by atoms with Crippen LogP contribution in [0.1, 0.15) is 32.1 Å². The van der Waals surface area contributed by atoms with Crippen LogP contribution in [-0.4, -0.2) is 60.0 Å². The number of hydrogen-bond acceptors (Lipinski definition) is 4. The van der Waals surface area contributed by atoms with Crippen molar-refractivity contribution < 1.29 is 10.0 Å². The summed E-state index contributed by atoms with van der Waals surface area (Å²) in [4.78, 5) is 16.7. The Balaban J connectivity index is 2.01. The highest BCUT2D eigenvalue weighted by Crippen LogP contribution is 2.43. The topological polar surface area (TPSA) is 82.2 Å². The summed E-state index contributed by atoms with van der Waals surface area (Å²) in [6.07, 6.45) is 4.36. The van der Waals surface area contributed by atoms with Gasteiger partial charge in [-0.25, -0.2) is 0 Å². The lowest BCUT2D eigenvalue weighted by Crippen LogP contribution is -2.57. The fourth-order valence-corrected chi connectivity index (χ4v) is 3.09. The summed E-state index contributed by atoms with van der Waals surface area (Å²) >= 11 is 0. The van der Waals surface area contributed by atoms with Gasteiger partial charge in [0.25, 0.3) is 0 Å². The van der Waals surface area contributed by atoms with Gasteiger partial charge in [0.2, 0.25) is 5.91 Å².